The Labute approximate surface area is 421 Å². The van der Waals surface area contributed by atoms with E-state index in [9.17, 15) is 0 Å². The van der Waals surface area contributed by atoms with Crippen LogP contribution in [0.15, 0.2) is 267 Å². The Kier molecular flexibility index (Phi) is 9.50. The molecule has 2 nitrogen and oxygen atoms in total. The summed E-state index contributed by atoms with van der Waals surface area (Å²) in [5, 5.41) is 2.55. The van der Waals surface area contributed by atoms with Crippen molar-refractivity contribution in [1.82, 2.24) is 4.57 Å². The molecule has 0 atom stereocenters. The van der Waals surface area contributed by atoms with Gasteiger partial charge in [-0.1, -0.05) is 220 Å². The first-order valence-corrected chi connectivity index (χ1v) is 25.2. The molecule has 1 aromatic heterocycles. The molecule has 0 fully saturated rings. The maximum absolute atomic E-state index is 2.45. The average molecular weight is 919 g/mol. The van der Waals surface area contributed by atoms with Crippen molar-refractivity contribution in [3.63, 3.8) is 0 Å². The van der Waals surface area contributed by atoms with Crippen LogP contribution in [-0.2, 0) is 10.8 Å². The number of anilines is 3. The van der Waals surface area contributed by atoms with Crippen LogP contribution >= 0.6 is 0 Å². The van der Waals surface area contributed by atoms with Gasteiger partial charge in [-0.25, -0.2) is 0 Å². The molecule has 0 N–H and O–H groups in total. The summed E-state index contributed by atoms with van der Waals surface area (Å²) in [5.74, 6) is 0. The van der Waals surface area contributed by atoms with Gasteiger partial charge in [0.1, 0.15) is 0 Å². The summed E-state index contributed by atoms with van der Waals surface area (Å²) in [5.41, 5.74) is 24.1. The molecular weight excluding hydrogens is 869 g/mol. The van der Waals surface area contributed by atoms with Gasteiger partial charge < -0.3 is 9.47 Å². The van der Waals surface area contributed by atoms with Crippen molar-refractivity contribution in [2.45, 2.75) is 24.7 Å². The minimum absolute atomic E-state index is 0.249. The van der Waals surface area contributed by atoms with E-state index in [0.29, 0.717) is 0 Å². The van der Waals surface area contributed by atoms with Gasteiger partial charge in [-0.2, -0.15) is 0 Å². The minimum Gasteiger partial charge on any atom is -0.310 e. The maximum Gasteiger partial charge on any atom is 0.0713 e. The number of nitrogens with zero attached hydrogens (tertiary/aromatic N) is 2. The van der Waals surface area contributed by atoms with Crippen LogP contribution in [0.3, 0.4) is 0 Å². The number of rotatable bonds is 8. The first kappa shape index (κ1) is 41.9. The summed E-state index contributed by atoms with van der Waals surface area (Å²) in [6.45, 7) is 4.79. The van der Waals surface area contributed by atoms with Crippen LogP contribution in [0.25, 0.3) is 72.0 Å². The van der Waals surface area contributed by atoms with Crippen LogP contribution < -0.4 is 4.90 Å². The molecule has 14 rings (SSSR count). The molecule has 0 unspecified atom stereocenters. The lowest BCUT2D eigenvalue weighted by Crippen LogP contribution is -2.28. The van der Waals surface area contributed by atoms with E-state index in [1.54, 1.807) is 0 Å². The summed E-state index contributed by atoms with van der Waals surface area (Å²) >= 11 is 0. The average Bonchev–Trinajstić information content (AvgIpc) is 4.03. The first-order valence-electron chi connectivity index (χ1n) is 25.2. The van der Waals surface area contributed by atoms with Crippen molar-refractivity contribution in [2.75, 3.05) is 4.90 Å². The minimum atomic E-state index is -0.458. The monoisotopic (exact) mass is 918 g/mol. The van der Waals surface area contributed by atoms with E-state index in [-0.39, 0.29) is 5.41 Å². The number of benzene rings is 11. The fourth-order valence-corrected chi connectivity index (χ4v) is 12.6. The van der Waals surface area contributed by atoms with Gasteiger partial charge in [0.15, 0.2) is 0 Å². The predicted octanol–water partition coefficient (Wildman–Crippen LogP) is 18.3. The Hall–Kier alpha value is -8.98. The van der Waals surface area contributed by atoms with Crippen molar-refractivity contribution >= 4 is 38.9 Å². The second-order valence-electron chi connectivity index (χ2n) is 20.0. The lowest BCUT2D eigenvalue weighted by molar-refractivity contribution is 0.660. The Balaban J connectivity index is 0.888. The molecular formula is C70H50N2. The van der Waals surface area contributed by atoms with Crippen molar-refractivity contribution in [2.24, 2.45) is 0 Å². The lowest BCUT2D eigenvalue weighted by atomic mass is 9.67. The Bertz CT molecular complexity index is 3940. The number of para-hydroxylation sites is 2. The normalized spacial score (nSPS) is 13.6. The molecule has 0 spiro atoms. The Morgan fingerprint density at radius 2 is 0.792 bits per heavy atom. The van der Waals surface area contributed by atoms with E-state index in [1.165, 1.54) is 105 Å². The van der Waals surface area contributed by atoms with Gasteiger partial charge in [0, 0.05) is 38.9 Å². The number of fused-ring (bicyclic) bond motifs is 9. The van der Waals surface area contributed by atoms with Crippen molar-refractivity contribution in [3.8, 4) is 50.2 Å². The summed E-state index contributed by atoms with van der Waals surface area (Å²) in [6.07, 6.45) is 0. The zero-order valence-corrected chi connectivity index (χ0v) is 40.3. The standard InChI is InChI=1S/C70H50N2/c1-69(2)64-45-54(41-43-57(64)58-44-42-55(46-65(58)69)72-66-31-16-13-25-59(66)60-26-14-17-32-67(60)72)71(52-37-33-48(34-38-52)47-19-6-3-7-20-47)53-39-35-49(36-40-53)56-28-18-30-63-68(56)61-27-12-15-29-62(61)70(63,50-21-8-4-9-22-50)51-23-10-5-11-24-51/h3-46H,1-2H3. The topological polar surface area (TPSA) is 8.17 Å². The fraction of sp³-hybridized carbons (Fsp3) is 0.0571. The summed E-state index contributed by atoms with van der Waals surface area (Å²) in [6, 6.07) is 98.9. The molecule has 0 bridgehead atoms. The van der Waals surface area contributed by atoms with Crippen molar-refractivity contribution in [3.05, 3.63) is 300 Å². The molecule has 12 aromatic rings. The van der Waals surface area contributed by atoms with Gasteiger partial charge in [-0.3, -0.25) is 0 Å². The molecule has 2 heteroatoms. The fourth-order valence-electron chi connectivity index (χ4n) is 12.6. The second kappa shape index (κ2) is 16.3. The van der Waals surface area contributed by atoms with Gasteiger partial charge in [0.25, 0.3) is 0 Å². The van der Waals surface area contributed by atoms with Crippen LogP contribution in [0.1, 0.15) is 47.2 Å². The summed E-state index contributed by atoms with van der Waals surface area (Å²) in [4.78, 5) is 2.43. The molecule has 11 aromatic carbocycles. The van der Waals surface area contributed by atoms with Crippen LogP contribution in [-0.4, -0.2) is 4.57 Å². The van der Waals surface area contributed by atoms with Crippen LogP contribution in [0.4, 0.5) is 17.1 Å². The van der Waals surface area contributed by atoms with Gasteiger partial charge in [-0.05, 0) is 139 Å². The number of hydrogen-bond acceptors (Lipinski definition) is 1. The molecule has 0 saturated heterocycles. The largest absolute Gasteiger partial charge is 0.310 e. The second-order valence-corrected chi connectivity index (χ2v) is 20.0. The highest BCUT2D eigenvalue weighted by Crippen LogP contribution is 2.58. The maximum atomic E-state index is 2.45. The first-order chi connectivity index (χ1) is 35.5. The third kappa shape index (κ3) is 6.22. The van der Waals surface area contributed by atoms with Gasteiger partial charge in [0.05, 0.1) is 16.4 Å². The van der Waals surface area contributed by atoms with E-state index in [2.05, 4.69) is 290 Å². The SMILES string of the molecule is CC1(C)c2cc(N(c3ccc(-c4ccccc4)cc3)c3ccc(-c4cccc5c4-c4ccccc4C5(c4ccccc4)c4ccccc4)cc3)ccc2-c2ccc(-n3c4ccccc4c4ccccc43)cc21. The molecule has 0 radical (unpaired) electrons. The Morgan fingerprint density at radius 1 is 0.319 bits per heavy atom. The molecule has 340 valence electrons. The highest BCUT2D eigenvalue weighted by Gasteiger charge is 2.47. The third-order valence-corrected chi connectivity index (χ3v) is 15.9. The zero-order chi connectivity index (χ0) is 48.0. The Morgan fingerprint density at radius 3 is 1.43 bits per heavy atom. The van der Waals surface area contributed by atoms with Crippen LogP contribution in [0.5, 0.6) is 0 Å². The zero-order valence-electron chi connectivity index (χ0n) is 40.3. The molecule has 72 heavy (non-hydrogen) atoms. The molecule has 0 aliphatic heterocycles. The number of hydrogen-bond donors (Lipinski definition) is 0. The number of aromatic nitrogens is 1. The summed E-state index contributed by atoms with van der Waals surface area (Å²) < 4.78 is 2.44. The van der Waals surface area contributed by atoms with E-state index in [1.807, 2.05) is 0 Å². The van der Waals surface area contributed by atoms with Crippen molar-refractivity contribution < 1.29 is 0 Å². The van der Waals surface area contributed by atoms with E-state index >= 15 is 0 Å². The van der Waals surface area contributed by atoms with Crippen LogP contribution in [0, 0.1) is 0 Å². The van der Waals surface area contributed by atoms with Gasteiger partial charge >= 0.3 is 0 Å². The van der Waals surface area contributed by atoms with Gasteiger partial charge in [0.2, 0.25) is 0 Å². The summed E-state index contributed by atoms with van der Waals surface area (Å²) in [7, 11) is 0. The molecule has 0 amide bonds. The smallest absolute Gasteiger partial charge is 0.0713 e. The lowest BCUT2D eigenvalue weighted by Gasteiger charge is -2.34. The molecule has 0 saturated carbocycles. The van der Waals surface area contributed by atoms with E-state index in [0.717, 1.165) is 17.1 Å². The van der Waals surface area contributed by atoms with E-state index < -0.39 is 5.41 Å². The quantitative estimate of drug-likeness (QED) is 0.147. The highest BCUT2D eigenvalue weighted by molar-refractivity contribution is 6.09. The predicted molar refractivity (Wildman–Crippen MR) is 301 cm³/mol. The highest BCUT2D eigenvalue weighted by atomic mass is 15.1. The molecule has 2 aliphatic carbocycles. The van der Waals surface area contributed by atoms with Gasteiger partial charge in [-0.15, -0.1) is 0 Å². The van der Waals surface area contributed by atoms with E-state index in [4.69, 9.17) is 0 Å². The molecule has 1 heterocycles. The van der Waals surface area contributed by atoms with Crippen molar-refractivity contribution in [1.29, 1.82) is 0 Å². The molecule has 2 aliphatic rings. The van der Waals surface area contributed by atoms with Crippen LogP contribution in [0.2, 0.25) is 0 Å². The third-order valence-electron chi connectivity index (χ3n) is 15.9.